The first-order valence-electron chi connectivity index (χ1n) is 5.38. The van der Waals surface area contributed by atoms with Crippen molar-refractivity contribution < 1.29 is 9.90 Å². The summed E-state index contributed by atoms with van der Waals surface area (Å²) in [5.74, 6) is 0.540. The van der Waals surface area contributed by atoms with Crippen molar-refractivity contribution in [2.45, 2.75) is 37.8 Å². The summed E-state index contributed by atoms with van der Waals surface area (Å²) in [4.78, 5) is 13.3. The molecule has 0 radical (unpaired) electrons. The molecule has 2 aliphatic rings. The van der Waals surface area contributed by atoms with Crippen LogP contribution in [0.25, 0.3) is 0 Å². The second kappa shape index (κ2) is 3.87. The summed E-state index contributed by atoms with van der Waals surface area (Å²) in [6.07, 6.45) is 3.58. The number of carbonyl (C=O) groups excluding carboxylic acids is 1. The molecule has 1 saturated carbocycles. The highest BCUT2D eigenvalue weighted by atomic mass is 16.3. The number of hydrogen-bond donors (Lipinski definition) is 2. The van der Waals surface area contributed by atoms with Crippen LogP contribution < -0.4 is 5.73 Å². The van der Waals surface area contributed by atoms with Crippen molar-refractivity contribution in [3.63, 3.8) is 0 Å². The average molecular weight is 198 g/mol. The molecule has 1 saturated heterocycles. The molecule has 0 bridgehead atoms. The van der Waals surface area contributed by atoms with Crippen LogP contribution in [0.2, 0.25) is 0 Å². The largest absolute Gasteiger partial charge is 0.389 e. The third-order valence-corrected chi connectivity index (χ3v) is 3.37. The van der Waals surface area contributed by atoms with Gasteiger partial charge in [-0.1, -0.05) is 6.42 Å². The maximum absolute atomic E-state index is 11.6. The maximum Gasteiger partial charge on any atom is 0.223 e. The van der Waals surface area contributed by atoms with Crippen molar-refractivity contribution in [3.8, 4) is 0 Å². The predicted octanol–water partition coefficient (Wildman–Crippen LogP) is -0.293. The number of hydrogen-bond acceptors (Lipinski definition) is 3. The summed E-state index contributed by atoms with van der Waals surface area (Å²) in [7, 11) is 0. The summed E-state index contributed by atoms with van der Waals surface area (Å²) in [5, 5.41) is 9.06. The number of β-amino-alcohol motifs (C(OH)–C–C–N with tert-alkyl or cyclic N) is 1. The summed E-state index contributed by atoms with van der Waals surface area (Å²) >= 11 is 0. The van der Waals surface area contributed by atoms with Crippen LogP contribution in [0.15, 0.2) is 0 Å². The van der Waals surface area contributed by atoms with Crippen LogP contribution in [0.5, 0.6) is 0 Å². The van der Waals surface area contributed by atoms with E-state index in [0.717, 1.165) is 19.3 Å². The first-order valence-corrected chi connectivity index (χ1v) is 5.38. The number of likely N-dealkylation sites (tertiary alicyclic amines) is 1. The summed E-state index contributed by atoms with van der Waals surface area (Å²) in [5.41, 5.74) is 5.89. The molecular formula is C10H18N2O2. The standard InChI is InChI=1S/C10H18N2O2/c11-9-3-1-2-7(9)4-10(14)12-5-8(13)6-12/h7-9,13H,1-6,11H2. The van der Waals surface area contributed by atoms with Gasteiger partial charge in [0.1, 0.15) is 0 Å². The van der Waals surface area contributed by atoms with E-state index in [4.69, 9.17) is 10.8 Å². The molecule has 1 aliphatic carbocycles. The van der Waals surface area contributed by atoms with Crippen LogP contribution in [0.1, 0.15) is 25.7 Å². The zero-order chi connectivity index (χ0) is 10.1. The van der Waals surface area contributed by atoms with Crippen molar-refractivity contribution in [2.75, 3.05) is 13.1 Å². The Morgan fingerprint density at radius 1 is 1.43 bits per heavy atom. The second-order valence-corrected chi connectivity index (χ2v) is 4.51. The predicted molar refractivity (Wildman–Crippen MR) is 52.5 cm³/mol. The Bertz CT molecular complexity index is 226. The number of amides is 1. The molecule has 1 aliphatic heterocycles. The van der Waals surface area contributed by atoms with Crippen LogP contribution in [-0.4, -0.2) is 41.1 Å². The van der Waals surface area contributed by atoms with Gasteiger partial charge >= 0.3 is 0 Å². The van der Waals surface area contributed by atoms with Crippen LogP contribution >= 0.6 is 0 Å². The molecule has 0 aromatic heterocycles. The minimum absolute atomic E-state index is 0.164. The van der Waals surface area contributed by atoms with Gasteiger partial charge in [0.05, 0.1) is 6.10 Å². The lowest BCUT2D eigenvalue weighted by Crippen LogP contribution is -2.54. The van der Waals surface area contributed by atoms with Gasteiger partial charge in [0.15, 0.2) is 0 Å². The van der Waals surface area contributed by atoms with Gasteiger partial charge < -0.3 is 15.7 Å². The molecule has 3 N–H and O–H groups in total. The molecule has 2 rings (SSSR count). The smallest absolute Gasteiger partial charge is 0.223 e. The van der Waals surface area contributed by atoms with Gasteiger partial charge in [-0.2, -0.15) is 0 Å². The highest BCUT2D eigenvalue weighted by molar-refractivity contribution is 5.77. The molecule has 2 fully saturated rings. The Morgan fingerprint density at radius 2 is 2.14 bits per heavy atom. The van der Waals surface area contributed by atoms with Gasteiger partial charge in [0.2, 0.25) is 5.91 Å². The number of nitrogens with zero attached hydrogens (tertiary/aromatic N) is 1. The fraction of sp³-hybridized carbons (Fsp3) is 0.900. The van der Waals surface area contributed by atoms with E-state index in [0.29, 0.717) is 25.4 Å². The zero-order valence-electron chi connectivity index (χ0n) is 8.35. The number of aliphatic hydroxyl groups is 1. The number of rotatable bonds is 2. The lowest BCUT2D eigenvalue weighted by Gasteiger charge is -2.36. The van der Waals surface area contributed by atoms with Gasteiger partial charge in [-0.3, -0.25) is 4.79 Å². The molecule has 2 atom stereocenters. The fourth-order valence-electron chi connectivity index (χ4n) is 2.33. The maximum atomic E-state index is 11.6. The van der Waals surface area contributed by atoms with Gasteiger partial charge in [0, 0.05) is 25.6 Å². The van der Waals surface area contributed by atoms with Crippen LogP contribution in [0.3, 0.4) is 0 Å². The molecule has 0 aromatic carbocycles. The first-order chi connectivity index (χ1) is 6.66. The highest BCUT2D eigenvalue weighted by Crippen LogP contribution is 2.28. The van der Waals surface area contributed by atoms with Gasteiger partial charge in [-0.15, -0.1) is 0 Å². The average Bonchev–Trinajstić information content (AvgIpc) is 2.46. The molecule has 2 unspecified atom stereocenters. The number of nitrogens with two attached hydrogens (primary N) is 1. The van der Waals surface area contributed by atoms with E-state index < -0.39 is 0 Å². The monoisotopic (exact) mass is 198 g/mol. The third-order valence-electron chi connectivity index (χ3n) is 3.37. The Labute approximate surface area is 84.1 Å². The molecular weight excluding hydrogens is 180 g/mol. The van der Waals surface area contributed by atoms with Gasteiger partial charge in [0.25, 0.3) is 0 Å². The molecule has 1 heterocycles. The van der Waals surface area contributed by atoms with Crippen LogP contribution in [0, 0.1) is 5.92 Å². The second-order valence-electron chi connectivity index (χ2n) is 4.51. The minimum Gasteiger partial charge on any atom is -0.389 e. The molecule has 14 heavy (non-hydrogen) atoms. The quantitative estimate of drug-likeness (QED) is 0.640. The van der Waals surface area contributed by atoms with Gasteiger partial charge in [-0.05, 0) is 18.8 Å². The van der Waals surface area contributed by atoms with E-state index in [1.807, 2.05) is 0 Å². The van der Waals surface area contributed by atoms with Crippen molar-refractivity contribution in [1.82, 2.24) is 4.90 Å². The minimum atomic E-state index is -0.295. The molecule has 80 valence electrons. The summed E-state index contributed by atoms with van der Waals surface area (Å²) < 4.78 is 0. The van der Waals surface area contributed by atoms with Crippen LogP contribution in [0.4, 0.5) is 0 Å². The van der Waals surface area contributed by atoms with Crippen molar-refractivity contribution in [1.29, 1.82) is 0 Å². The van der Waals surface area contributed by atoms with Crippen molar-refractivity contribution in [2.24, 2.45) is 11.7 Å². The van der Waals surface area contributed by atoms with Crippen molar-refractivity contribution >= 4 is 5.91 Å². The Morgan fingerprint density at radius 3 is 2.64 bits per heavy atom. The van der Waals surface area contributed by atoms with E-state index in [-0.39, 0.29) is 18.1 Å². The zero-order valence-corrected chi connectivity index (χ0v) is 8.35. The van der Waals surface area contributed by atoms with Crippen LogP contribution in [-0.2, 0) is 4.79 Å². The number of aliphatic hydroxyl groups excluding tert-OH is 1. The highest BCUT2D eigenvalue weighted by Gasteiger charge is 2.32. The normalized spacial score (nSPS) is 33.1. The first kappa shape index (κ1) is 9.93. The molecule has 4 nitrogen and oxygen atoms in total. The SMILES string of the molecule is NC1CCCC1CC(=O)N1CC(O)C1. The van der Waals surface area contributed by atoms with E-state index in [1.165, 1.54) is 0 Å². The Kier molecular flexibility index (Phi) is 2.74. The van der Waals surface area contributed by atoms with E-state index in [2.05, 4.69) is 0 Å². The topological polar surface area (TPSA) is 66.6 Å². The fourth-order valence-corrected chi connectivity index (χ4v) is 2.33. The summed E-state index contributed by atoms with van der Waals surface area (Å²) in [6, 6.07) is 0.213. The van der Waals surface area contributed by atoms with E-state index in [9.17, 15) is 4.79 Å². The Balaban J connectivity index is 1.77. The molecule has 4 heteroatoms. The van der Waals surface area contributed by atoms with Crippen molar-refractivity contribution in [3.05, 3.63) is 0 Å². The Hall–Kier alpha value is -0.610. The van der Waals surface area contributed by atoms with E-state index >= 15 is 0 Å². The lowest BCUT2D eigenvalue weighted by atomic mass is 9.98. The third kappa shape index (κ3) is 1.91. The molecule has 0 aromatic rings. The van der Waals surface area contributed by atoms with Gasteiger partial charge in [-0.25, -0.2) is 0 Å². The molecule has 0 spiro atoms. The number of carbonyl (C=O) groups is 1. The lowest BCUT2D eigenvalue weighted by molar-refractivity contribution is -0.142. The molecule has 1 amide bonds. The summed E-state index contributed by atoms with van der Waals surface area (Å²) in [6.45, 7) is 1.03. The van der Waals surface area contributed by atoms with E-state index in [1.54, 1.807) is 4.90 Å².